The lowest BCUT2D eigenvalue weighted by Gasteiger charge is -2.07. The number of amides is 1. The fourth-order valence-electron chi connectivity index (χ4n) is 1.20. The van der Waals surface area contributed by atoms with Crippen molar-refractivity contribution in [1.82, 2.24) is 0 Å². The van der Waals surface area contributed by atoms with Crippen LogP contribution in [-0.2, 0) is 4.79 Å². The molecule has 0 bridgehead atoms. The van der Waals surface area contributed by atoms with Gasteiger partial charge in [0.15, 0.2) is 0 Å². The molecule has 0 aliphatic rings. The number of nitrogens with one attached hydrogen (secondary N) is 1. The molecule has 0 spiro atoms. The van der Waals surface area contributed by atoms with Crippen LogP contribution in [0.2, 0.25) is 0 Å². The SMILES string of the molecule is C=CC(=O)Nc1cccc(OCCCC#N)c1. The van der Waals surface area contributed by atoms with Gasteiger partial charge < -0.3 is 10.1 Å². The zero-order chi connectivity index (χ0) is 12.5. The second-order valence-corrected chi connectivity index (χ2v) is 3.33. The third-order valence-corrected chi connectivity index (χ3v) is 1.99. The van der Waals surface area contributed by atoms with Crippen LogP contribution in [0, 0.1) is 11.3 Å². The van der Waals surface area contributed by atoms with Gasteiger partial charge in [-0.1, -0.05) is 12.6 Å². The Morgan fingerprint density at radius 2 is 2.41 bits per heavy atom. The minimum Gasteiger partial charge on any atom is -0.493 e. The van der Waals surface area contributed by atoms with Crippen LogP contribution in [0.15, 0.2) is 36.9 Å². The van der Waals surface area contributed by atoms with Crippen LogP contribution in [0.25, 0.3) is 0 Å². The highest BCUT2D eigenvalue weighted by molar-refractivity contribution is 5.98. The summed E-state index contributed by atoms with van der Waals surface area (Å²) >= 11 is 0. The minimum atomic E-state index is -0.258. The standard InChI is InChI=1S/C13H14N2O2/c1-2-13(16)15-11-6-5-7-12(10-11)17-9-4-3-8-14/h2,5-7,10H,1,3-4,9H2,(H,15,16). The van der Waals surface area contributed by atoms with Gasteiger partial charge >= 0.3 is 0 Å². The minimum absolute atomic E-state index is 0.258. The fraction of sp³-hybridized carbons (Fsp3) is 0.231. The molecular formula is C13H14N2O2. The molecular weight excluding hydrogens is 216 g/mol. The number of benzene rings is 1. The molecule has 0 aliphatic heterocycles. The molecule has 1 N–H and O–H groups in total. The third-order valence-electron chi connectivity index (χ3n) is 1.99. The van der Waals surface area contributed by atoms with Crippen molar-refractivity contribution >= 4 is 11.6 Å². The first-order valence-corrected chi connectivity index (χ1v) is 5.29. The normalized spacial score (nSPS) is 9.12. The lowest BCUT2D eigenvalue weighted by atomic mass is 10.3. The fourth-order valence-corrected chi connectivity index (χ4v) is 1.20. The lowest BCUT2D eigenvalue weighted by molar-refractivity contribution is -0.111. The number of hydrogen-bond acceptors (Lipinski definition) is 3. The molecule has 1 aromatic carbocycles. The summed E-state index contributed by atoms with van der Waals surface area (Å²) in [4.78, 5) is 11.1. The first-order chi connectivity index (χ1) is 8.26. The topological polar surface area (TPSA) is 62.1 Å². The van der Waals surface area contributed by atoms with Crippen LogP contribution in [0.3, 0.4) is 0 Å². The Kier molecular flexibility index (Phi) is 5.32. The molecule has 1 amide bonds. The van der Waals surface area contributed by atoms with Gasteiger partial charge in [0.1, 0.15) is 5.75 Å². The van der Waals surface area contributed by atoms with Crippen molar-refractivity contribution in [3.63, 3.8) is 0 Å². The quantitative estimate of drug-likeness (QED) is 0.603. The summed E-state index contributed by atoms with van der Waals surface area (Å²) in [5, 5.41) is 11.0. The average Bonchev–Trinajstić information content (AvgIpc) is 2.35. The maximum Gasteiger partial charge on any atom is 0.247 e. The molecule has 0 unspecified atom stereocenters. The van der Waals surface area contributed by atoms with Crippen LogP contribution in [0.4, 0.5) is 5.69 Å². The van der Waals surface area contributed by atoms with E-state index in [9.17, 15) is 4.79 Å². The van der Waals surface area contributed by atoms with Gasteiger partial charge in [0, 0.05) is 18.2 Å². The highest BCUT2D eigenvalue weighted by Crippen LogP contribution is 2.17. The van der Waals surface area contributed by atoms with Crippen LogP contribution in [0.5, 0.6) is 5.75 Å². The van der Waals surface area contributed by atoms with Gasteiger partial charge in [-0.2, -0.15) is 5.26 Å². The largest absolute Gasteiger partial charge is 0.493 e. The van der Waals surface area contributed by atoms with E-state index in [-0.39, 0.29) is 5.91 Å². The second kappa shape index (κ2) is 7.07. The van der Waals surface area contributed by atoms with Gasteiger partial charge in [0.2, 0.25) is 5.91 Å². The maximum absolute atomic E-state index is 11.1. The first-order valence-electron chi connectivity index (χ1n) is 5.29. The summed E-state index contributed by atoms with van der Waals surface area (Å²) in [5.41, 5.74) is 0.660. The van der Waals surface area contributed by atoms with E-state index in [0.717, 1.165) is 0 Å². The first kappa shape index (κ1) is 12.8. The lowest BCUT2D eigenvalue weighted by Crippen LogP contribution is -2.07. The van der Waals surface area contributed by atoms with E-state index in [1.54, 1.807) is 24.3 Å². The summed E-state index contributed by atoms with van der Waals surface area (Å²) in [5.74, 6) is 0.413. The molecule has 0 radical (unpaired) electrons. The highest BCUT2D eigenvalue weighted by atomic mass is 16.5. The molecule has 0 saturated heterocycles. The molecule has 0 atom stereocenters. The van der Waals surface area contributed by atoms with Crippen LogP contribution < -0.4 is 10.1 Å². The predicted molar refractivity (Wildman–Crippen MR) is 65.6 cm³/mol. The van der Waals surface area contributed by atoms with Gasteiger partial charge in [-0.25, -0.2) is 0 Å². The number of ether oxygens (including phenoxy) is 1. The maximum atomic E-state index is 11.1. The van der Waals surface area contributed by atoms with Gasteiger partial charge in [-0.05, 0) is 24.6 Å². The number of carbonyl (C=O) groups is 1. The smallest absolute Gasteiger partial charge is 0.247 e. The predicted octanol–water partition coefficient (Wildman–Crippen LogP) is 2.49. The van der Waals surface area contributed by atoms with E-state index in [4.69, 9.17) is 10.00 Å². The van der Waals surface area contributed by atoms with E-state index < -0.39 is 0 Å². The van der Waals surface area contributed by atoms with E-state index in [1.807, 2.05) is 0 Å². The van der Waals surface area contributed by atoms with E-state index in [2.05, 4.69) is 18.0 Å². The number of hydrogen-bond donors (Lipinski definition) is 1. The number of carbonyl (C=O) groups excluding carboxylic acids is 1. The summed E-state index contributed by atoms with van der Waals surface area (Å²) in [6.07, 6.45) is 2.38. The van der Waals surface area contributed by atoms with Crippen molar-refractivity contribution in [2.75, 3.05) is 11.9 Å². The monoisotopic (exact) mass is 230 g/mol. The van der Waals surface area contributed by atoms with Crippen molar-refractivity contribution in [3.05, 3.63) is 36.9 Å². The summed E-state index contributed by atoms with van der Waals surface area (Å²) in [6, 6.07) is 9.14. The zero-order valence-electron chi connectivity index (χ0n) is 9.48. The summed E-state index contributed by atoms with van der Waals surface area (Å²) in [6.45, 7) is 3.87. The molecule has 17 heavy (non-hydrogen) atoms. The number of rotatable bonds is 6. The Hall–Kier alpha value is -2.28. The van der Waals surface area contributed by atoms with Gasteiger partial charge in [0.05, 0.1) is 12.7 Å². The van der Waals surface area contributed by atoms with E-state index in [0.29, 0.717) is 30.9 Å². The van der Waals surface area contributed by atoms with Crippen molar-refractivity contribution in [2.24, 2.45) is 0 Å². The Morgan fingerprint density at radius 3 is 3.12 bits per heavy atom. The van der Waals surface area contributed by atoms with E-state index in [1.165, 1.54) is 6.08 Å². The van der Waals surface area contributed by atoms with Crippen molar-refractivity contribution in [3.8, 4) is 11.8 Å². The van der Waals surface area contributed by atoms with Gasteiger partial charge in [0.25, 0.3) is 0 Å². The second-order valence-electron chi connectivity index (χ2n) is 3.33. The van der Waals surface area contributed by atoms with Crippen molar-refractivity contribution < 1.29 is 9.53 Å². The zero-order valence-corrected chi connectivity index (χ0v) is 9.48. The molecule has 0 aliphatic carbocycles. The Labute approximate surface area is 101 Å². The Morgan fingerprint density at radius 1 is 1.59 bits per heavy atom. The van der Waals surface area contributed by atoms with Gasteiger partial charge in [-0.15, -0.1) is 0 Å². The van der Waals surface area contributed by atoms with Crippen LogP contribution in [0.1, 0.15) is 12.8 Å². The van der Waals surface area contributed by atoms with Crippen molar-refractivity contribution in [1.29, 1.82) is 5.26 Å². The Bertz CT molecular complexity index is 435. The van der Waals surface area contributed by atoms with E-state index >= 15 is 0 Å². The molecule has 1 aromatic rings. The molecule has 1 rings (SSSR count). The number of nitriles is 1. The molecule has 88 valence electrons. The van der Waals surface area contributed by atoms with Crippen LogP contribution in [-0.4, -0.2) is 12.5 Å². The molecule has 4 heteroatoms. The summed E-state index contributed by atoms with van der Waals surface area (Å²) < 4.78 is 5.44. The van der Waals surface area contributed by atoms with Crippen LogP contribution >= 0.6 is 0 Å². The molecule has 0 heterocycles. The third kappa shape index (κ3) is 4.85. The highest BCUT2D eigenvalue weighted by Gasteiger charge is 1.99. The number of nitrogens with zero attached hydrogens (tertiary/aromatic N) is 1. The molecule has 0 saturated carbocycles. The Balaban J connectivity index is 2.51. The number of unbranched alkanes of at least 4 members (excludes halogenated alkanes) is 1. The van der Waals surface area contributed by atoms with Crippen molar-refractivity contribution in [2.45, 2.75) is 12.8 Å². The summed E-state index contributed by atoms with van der Waals surface area (Å²) in [7, 11) is 0. The number of anilines is 1. The molecule has 4 nitrogen and oxygen atoms in total. The van der Waals surface area contributed by atoms with Gasteiger partial charge in [-0.3, -0.25) is 4.79 Å². The molecule has 0 fully saturated rings. The molecule has 0 aromatic heterocycles. The average molecular weight is 230 g/mol.